The molecule has 1 aliphatic rings. The van der Waals surface area contributed by atoms with Gasteiger partial charge in [-0.1, -0.05) is 0 Å². The first-order valence-corrected chi connectivity index (χ1v) is 5.32. The van der Waals surface area contributed by atoms with Crippen LogP contribution in [0.5, 0.6) is 0 Å². The van der Waals surface area contributed by atoms with Crippen molar-refractivity contribution in [3.63, 3.8) is 0 Å². The third kappa shape index (κ3) is 2.49. The van der Waals surface area contributed by atoms with Gasteiger partial charge in [-0.15, -0.1) is 0 Å². The third-order valence-corrected chi connectivity index (χ3v) is 2.57. The number of rotatable bonds is 3. The van der Waals surface area contributed by atoms with E-state index in [1.807, 2.05) is 0 Å². The second-order valence-electron chi connectivity index (χ2n) is 3.76. The molecule has 2 heterocycles. The molecular weight excluding hydrogens is 224 g/mol. The molecule has 17 heavy (non-hydrogen) atoms. The summed E-state index contributed by atoms with van der Waals surface area (Å²) < 4.78 is 0. The van der Waals surface area contributed by atoms with Gasteiger partial charge < -0.3 is 20.7 Å². The number of pyridine rings is 1. The fourth-order valence-corrected chi connectivity index (χ4v) is 1.75. The highest BCUT2D eigenvalue weighted by Crippen LogP contribution is 2.22. The maximum Gasteiger partial charge on any atom is 0.386 e. The third-order valence-electron chi connectivity index (χ3n) is 2.57. The highest BCUT2D eigenvalue weighted by Gasteiger charge is 2.24. The van der Waals surface area contributed by atoms with Crippen LogP contribution in [0, 0.1) is 10.1 Å². The molecule has 0 aliphatic carbocycles. The van der Waals surface area contributed by atoms with E-state index in [1.165, 1.54) is 6.20 Å². The molecule has 1 aliphatic heterocycles. The summed E-state index contributed by atoms with van der Waals surface area (Å²) in [4.78, 5) is 25.4. The Morgan fingerprint density at radius 1 is 1.59 bits per heavy atom. The van der Waals surface area contributed by atoms with Crippen LogP contribution in [0.15, 0.2) is 18.3 Å². The predicted molar refractivity (Wildman–Crippen MR) is 60.5 cm³/mol. The molecule has 1 aromatic heterocycles. The summed E-state index contributed by atoms with van der Waals surface area (Å²) in [6.45, 7) is 0.659. The molecule has 0 saturated carbocycles. The Kier molecular flexibility index (Phi) is 3.17. The summed E-state index contributed by atoms with van der Waals surface area (Å²) in [7, 11) is 0. The van der Waals surface area contributed by atoms with Crippen molar-refractivity contribution in [3.05, 3.63) is 28.4 Å². The molecule has 0 bridgehead atoms. The number of anilines is 1. The normalized spacial score (nSPS) is 19.5. The van der Waals surface area contributed by atoms with Crippen molar-refractivity contribution in [3.8, 4) is 0 Å². The van der Waals surface area contributed by atoms with Gasteiger partial charge in [0.25, 0.3) is 0 Å². The molecule has 1 saturated heterocycles. The van der Waals surface area contributed by atoms with Crippen molar-refractivity contribution in [1.82, 2.24) is 10.3 Å². The average molecular weight is 236 g/mol. The van der Waals surface area contributed by atoms with Gasteiger partial charge in [0.2, 0.25) is 5.91 Å². The largest absolute Gasteiger partial charge is 0.386 e. The van der Waals surface area contributed by atoms with Crippen molar-refractivity contribution < 1.29 is 9.72 Å². The van der Waals surface area contributed by atoms with Gasteiger partial charge in [-0.2, -0.15) is 0 Å². The Morgan fingerprint density at radius 2 is 2.41 bits per heavy atom. The van der Waals surface area contributed by atoms with E-state index in [1.54, 1.807) is 12.1 Å². The number of nitrogens with zero attached hydrogens (tertiary/aromatic N) is 2. The minimum atomic E-state index is -0.566. The summed E-state index contributed by atoms with van der Waals surface area (Å²) in [5.74, 6) is -0.389. The van der Waals surface area contributed by atoms with Gasteiger partial charge in [-0.3, -0.25) is 4.79 Å². The Labute approximate surface area is 97.4 Å². The molecule has 2 rings (SSSR count). The van der Waals surface area contributed by atoms with Crippen LogP contribution in [0.4, 0.5) is 11.5 Å². The fourth-order valence-electron chi connectivity index (χ4n) is 1.75. The van der Waals surface area contributed by atoms with Crippen molar-refractivity contribution in [1.29, 1.82) is 0 Å². The van der Waals surface area contributed by atoms with E-state index >= 15 is 0 Å². The van der Waals surface area contributed by atoms with E-state index in [0.717, 1.165) is 6.42 Å². The molecule has 1 amide bonds. The molecular formula is C10H12N4O3. The number of aromatic nitrogens is 1. The topological polar surface area (TPSA) is 97.2 Å². The molecule has 0 aromatic carbocycles. The number of carbonyl (C=O) groups excluding carboxylic acids is 1. The first-order valence-electron chi connectivity index (χ1n) is 5.32. The highest BCUT2D eigenvalue weighted by molar-refractivity contribution is 5.85. The first kappa shape index (κ1) is 11.3. The number of nitro groups is 1. The van der Waals surface area contributed by atoms with Crippen LogP contribution in [0.25, 0.3) is 0 Å². The zero-order valence-electron chi connectivity index (χ0n) is 9.05. The van der Waals surface area contributed by atoms with Crippen molar-refractivity contribution in [2.24, 2.45) is 0 Å². The van der Waals surface area contributed by atoms with E-state index < -0.39 is 11.0 Å². The Hall–Kier alpha value is -2.18. The number of amides is 1. The molecule has 90 valence electrons. The number of nitrogens with one attached hydrogen (secondary N) is 2. The molecule has 1 aromatic rings. The summed E-state index contributed by atoms with van der Waals surface area (Å²) in [5, 5.41) is 16.3. The van der Waals surface area contributed by atoms with Crippen LogP contribution < -0.4 is 10.6 Å². The maximum atomic E-state index is 11.5. The zero-order chi connectivity index (χ0) is 12.3. The molecule has 7 heteroatoms. The van der Waals surface area contributed by atoms with Gasteiger partial charge >= 0.3 is 5.82 Å². The Balaban J connectivity index is 2.17. The molecule has 1 fully saturated rings. The number of hydrogen-bond donors (Lipinski definition) is 2. The number of hydrogen-bond acceptors (Lipinski definition) is 5. The predicted octanol–water partition coefficient (Wildman–Crippen LogP) is 0.680. The number of piperidine rings is 1. The van der Waals surface area contributed by atoms with E-state index in [-0.39, 0.29) is 17.4 Å². The average Bonchev–Trinajstić information content (AvgIpc) is 2.32. The molecule has 7 nitrogen and oxygen atoms in total. The van der Waals surface area contributed by atoms with Crippen LogP contribution >= 0.6 is 0 Å². The second-order valence-corrected chi connectivity index (χ2v) is 3.76. The van der Waals surface area contributed by atoms with Crippen molar-refractivity contribution in [2.45, 2.75) is 18.9 Å². The first-order chi connectivity index (χ1) is 8.18. The Morgan fingerprint density at radius 3 is 3.12 bits per heavy atom. The standard InChI is InChI=1S/C10H12N4O3/c15-10-8(4-2-6-12-10)13-7-3-1-5-11-9(7)14(16)17/h1,3,5,8,13H,2,4,6H2,(H,12,15). The monoisotopic (exact) mass is 236 g/mol. The molecule has 1 unspecified atom stereocenters. The SMILES string of the molecule is O=C1NCCCC1Nc1cccnc1[N+](=O)[O-]. The fraction of sp³-hybridized carbons (Fsp3) is 0.400. The lowest BCUT2D eigenvalue weighted by molar-refractivity contribution is -0.388. The van der Waals surface area contributed by atoms with Crippen LogP contribution in [0.3, 0.4) is 0 Å². The van der Waals surface area contributed by atoms with Crippen LogP contribution in [-0.4, -0.2) is 28.4 Å². The quantitative estimate of drug-likeness (QED) is 0.594. The lowest BCUT2D eigenvalue weighted by Crippen LogP contribution is -2.44. The lowest BCUT2D eigenvalue weighted by Gasteiger charge is -2.23. The molecule has 2 N–H and O–H groups in total. The molecule has 0 radical (unpaired) electrons. The van der Waals surface area contributed by atoms with Crippen LogP contribution in [0.1, 0.15) is 12.8 Å². The van der Waals surface area contributed by atoms with E-state index in [9.17, 15) is 14.9 Å². The maximum absolute atomic E-state index is 11.5. The van der Waals surface area contributed by atoms with Crippen LogP contribution in [0.2, 0.25) is 0 Å². The van der Waals surface area contributed by atoms with Crippen molar-refractivity contribution >= 4 is 17.4 Å². The molecule has 1 atom stereocenters. The summed E-state index contributed by atoms with van der Waals surface area (Å²) in [6.07, 6.45) is 2.87. The second kappa shape index (κ2) is 4.77. The summed E-state index contributed by atoms with van der Waals surface area (Å²) in [6, 6.07) is 2.72. The summed E-state index contributed by atoms with van der Waals surface area (Å²) in [5.41, 5.74) is 0.277. The minimum Gasteiger partial charge on any atom is -0.367 e. The van der Waals surface area contributed by atoms with Gasteiger partial charge in [0.1, 0.15) is 17.9 Å². The smallest absolute Gasteiger partial charge is 0.367 e. The van der Waals surface area contributed by atoms with Gasteiger partial charge in [0.05, 0.1) is 0 Å². The van der Waals surface area contributed by atoms with E-state index in [4.69, 9.17) is 0 Å². The van der Waals surface area contributed by atoms with Gasteiger partial charge in [-0.05, 0) is 34.9 Å². The zero-order valence-corrected chi connectivity index (χ0v) is 9.05. The lowest BCUT2D eigenvalue weighted by atomic mass is 10.1. The Bertz CT molecular complexity index is 449. The summed E-state index contributed by atoms with van der Waals surface area (Å²) >= 11 is 0. The number of carbonyl (C=O) groups is 1. The van der Waals surface area contributed by atoms with Crippen molar-refractivity contribution in [2.75, 3.05) is 11.9 Å². The van der Waals surface area contributed by atoms with Gasteiger partial charge in [-0.25, -0.2) is 0 Å². The van der Waals surface area contributed by atoms with E-state index in [2.05, 4.69) is 15.6 Å². The van der Waals surface area contributed by atoms with Crippen LogP contribution in [-0.2, 0) is 4.79 Å². The van der Waals surface area contributed by atoms with Gasteiger partial charge in [0, 0.05) is 6.54 Å². The minimum absolute atomic E-state index is 0.130. The molecule has 0 spiro atoms. The van der Waals surface area contributed by atoms with E-state index in [0.29, 0.717) is 13.0 Å². The van der Waals surface area contributed by atoms with Gasteiger partial charge in [0.15, 0.2) is 0 Å². The highest BCUT2D eigenvalue weighted by atomic mass is 16.6.